The Kier molecular flexibility index (Phi) is 2.57. The molecule has 0 saturated heterocycles. The predicted octanol–water partition coefficient (Wildman–Crippen LogP) is 1.23. The van der Waals surface area contributed by atoms with Crippen LogP contribution in [0.25, 0.3) is 11.4 Å². The molecular weight excluding hydrogens is 232 g/mol. The second kappa shape index (κ2) is 3.90. The van der Waals surface area contributed by atoms with Crippen molar-refractivity contribution in [2.75, 3.05) is 0 Å². The van der Waals surface area contributed by atoms with Crippen LogP contribution < -0.4 is 0 Å². The first-order valence-corrected chi connectivity index (χ1v) is 4.71. The molecule has 82 valence electrons. The first kappa shape index (κ1) is 10.6. The van der Waals surface area contributed by atoms with Crippen LogP contribution in [-0.4, -0.2) is 31.1 Å². The minimum atomic E-state index is -1.06. The second-order valence-electron chi connectivity index (χ2n) is 3.09. The maximum absolute atomic E-state index is 10.8. The molecule has 0 aromatic carbocycles. The molecule has 6 nitrogen and oxygen atoms in total. The normalized spacial score (nSPS) is 10.4. The smallest absolute Gasteiger partial charge is 0.335 e. The zero-order valence-electron chi connectivity index (χ0n) is 8.25. The number of carboxylic acids is 1. The summed E-state index contributed by atoms with van der Waals surface area (Å²) in [7, 11) is 1.66. The van der Waals surface area contributed by atoms with Crippen LogP contribution in [0.4, 0.5) is 0 Å². The number of nitrogens with zero attached hydrogens (tertiary/aromatic N) is 4. The largest absolute Gasteiger partial charge is 0.478 e. The fourth-order valence-corrected chi connectivity index (χ4v) is 1.42. The summed E-state index contributed by atoms with van der Waals surface area (Å²) in [6.45, 7) is 0. The van der Waals surface area contributed by atoms with E-state index >= 15 is 0 Å². The third-order valence-electron chi connectivity index (χ3n) is 1.90. The van der Waals surface area contributed by atoms with E-state index in [2.05, 4.69) is 15.2 Å². The van der Waals surface area contributed by atoms with Crippen molar-refractivity contribution < 1.29 is 9.90 Å². The summed E-state index contributed by atoms with van der Waals surface area (Å²) in [5, 5.41) is 16.9. The Bertz CT molecular complexity index is 552. The molecule has 0 aliphatic carbocycles. The highest BCUT2D eigenvalue weighted by Gasteiger charge is 2.10. The number of aryl methyl sites for hydroxylation is 1. The lowest BCUT2D eigenvalue weighted by Crippen LogP contribution is -1.99. The van der Waals surface area contributed by atoms with Crippen LogP contribution >= 0.6 is 11.6 Å². The summed E-state index contributed by atoms with van der Waals surface area (Å²) in [6.07, 6.45) is 1.49. The molecule has 0 amide bonds. The third kappa shape index (κ3) is 2.01. The van der Waals surface area contributed by atoms with E-state index in [0.29, 0.717) is 11.4 Å². The van der Waals surface area contributed by atoms with E-state index in [4.69, 9.17) is 16.7 Å². The molecule has 0 saturated carbocycles. The van der Waals surface area contributed by atoms with Crippen molar-refractivity contribution in [3.63, 3.8) is 0 Å². The highest BCUT2D eigenvalue weighted by molar-refractivity contribution is 6.29. The molecule has 0 bridgehead atoms. The van der Waals surface area contributed by atoms with Crippen LogP contribution in [0.15, 0.2) is 18.3 Å². The third-order valence-corrected chi connectivity index (χ3v) is 2.10. The number of hydrogen-bond acceptors (Lipinski definition) is 4. The summed E-state index contributed by atoms with van der Waals surface area (Å²) in [5.41, 5.74) is 0.936. The van der Waals surface area contributed by atoms with Gasteiger partial charge in [-0.3, -0.25) is 0 Å². The van der Waals surface area contributed by atoms with Gasteiger partial charge in [0.1, 0.15) is 10.8 Å². The minimum Gasteiger partial charge on any atom is -0.478 e. The Labute approximate surface area is 95.5 Å². The van der Waals surface area contributed by atoms with Crippen LogP contribution in [0.1, 0.15) is 10.4 Å². The van der Waals surface area contributed by atoms with Crippen molar-refractivity contribution >= 4 is 17.6 Å². The molecule has 2 aromatic rings. The Morgan fingerprint density at radius 3 is 2.75 bits per heavy atom. The Balaban J connectivity index is 2.53. The summed E-state index contributed by atoms with van der Waals surface area (Å²) in [4.78, 5) is 16.2. The zero-order valence-corrected chi connectivity index (χ0v) is 9.01. The van der Waals surface area contributed by atoms with Crippen molar-refractivity contribution in [3.05, 3.63) is 29.0 Å². The average Bonchev–Trinajstić information content (AvgIpc) is 2.64. The number of aromatic carboxylic acids is 1. The van der Waals surface area contributed by atoms with Gasteiger partial charge in [0.05, 0.1) is 17.5 Å². The van der Waals surface area contributed by atoms with E-state index in [1.54, 1.807) is 7.05 Å². The van der Waals surface area contributed by atoms with E-state index in [1.165, 1.54) is 23.1 Å². The number of rotatable bonds is 2. The molecule has 1 N–H and O–H groups in total. The molecule has 0 fully saturated rings. The second-order valence-corrected chi connectivity index (χ2v) is 3.48. The molecule has 2 rings (SSSR count). The topological polar surface area (TPSA) is 80.9 Å². The van der Waals surface area contributed by atoms with Crippen LogP contribution in [-0.2, 0) is 7.05 Å². The van der Waals surface area contributed by atoms with Gasteiger partial charge in [-0.1, -0.05) is 11.6 Å². The maximum atomic E-state index is 10.8. The number of halogens is 1. The number of carbonyl (C=O) groups is 1. The first-order valence-electron chi connectivity index (χ1n) is 4.34. The Morgan fingerprint density at radius 2 is 2.19 bits per heavy atom. The Hall–Kier alpha value is -1.95. The van der Waals surface area contributed by atoms with Crippen molar-refractivity contribution in [1.82, 2.24) is 20.0 Å². The SMILES string of the molecule is Cn1ncc(-c2cc(C(=O)O)cc(Cl)n2)n1. The quantitative estimate of drug-likeness (QED) is 0.796. The predicted molar refractivity (Wildman–Crippen MR) is 56.2 cm³/mol. The van der Waals surface area contributed by atoms with Gasteiger partial charge in [0.25, 0.3) is 0 Å². The maximum Gasteiger partial charge on any atom is 0.335 e. The van der Waals surface area contributed by atoms with E-state index in [0.717, 1.165) is 0 Å². The molecule has 16 heavy (non-hydrogen) atoms. The first-order chi connectivity index (χ1) is 7.56. The fraction of sp³-hybridized carbons (Fsp3) is 0.111. The van der Waals surface area contributed by atoms with Gasteiger partial charge in [-0.2, -0.15) is 15.0 Å². The van der Waals surface area contributed by atoms with Gasteiger partial charge in [-0.05, 0) is 12.1 Å². The van der Waals surface area contributed by atoms with Crippen LogP contribution in [0, 0.1) is 0 Å². The van der Waals surface area contributed by atoms with Gasteiger partial charge in [-0.25, -0.2) is 9.78 Å². The van der Waals surface area contributed by atoms with Gasteiger partial charge in [0.2, 0.25) is 0 Å². The molecule has 0 atom stereocenters. The van der Waals surface area contributed by atoms with E-state index in [9.17, 15) is 4.79 Å². The lowest BCUT2D eigenvalue weighted by Gasteiger charge is -1.99. The van der Waals surface area contributed by atoms with Crippen LogP contribution in [0.2, 0.25) is 5.15 Å². The van der Waals surface area contributed by atoms with E-state index < -0.39 is 5.97 Å². The fourth-order valence-electron chi connectivity index (χ4n) is 1.21. The van der Waals surface area contributed by atoms with E-state index in [1.807, 2.05) is 0 Å². The lowest BCUT2D eigenvalue weighted by molar-refractivity contribution is 0.0697. The molecule has 0 aliphatic rings. The van der Waals surface area contributed by atoms with Crippen molar-refractivity contribution in [1.29, 1.82) is 0 Å². The number of aromatic nitrogens is 4. The molecule has 0 spiro atoms. The highest BCUT2D eigenvalue weighted by atomic mass is 35.5. The van der Waals surface area contributed by atoms with Gasteiger partial charge in [0.15, 0.2) is 0 Å². The van der Waals surface area contributed by atoms with Crippen molar-refractivity contribution in [2.45, 2.75) is 0 Å². The molecule has 7 heteroatoms. The molecule has 0 aliphatic heterocycles. The standard InChI is InChI=1S/C9H7ClN4O2/c1-14-11-4-7(13-14)6-2-5(9(15)16)3-8(10)12-6/h2-4H,1H3,(H,15,16). The summed E-state index contributed by atoms with van der Waals surface area (Å²) in [6, 6.07) is 2.68. The average molecular weight is 239 g/mol. The molecule has 2 aromatic heterocycles. The summed E-state index contributed by atoms with van der Waals surface area (Å²) < 4.78 is 0. The zero-order chi connectivity index (χ0) is 11.7. The van der Waals surface area contributed by atoms with Gasteiger partial charge < -0.3 is 5.11 Å². The monoisotopic (exact) mass is 238 g/mol. The van der Waals surface area contributed by atoms with Gasteiger partial charge >= 0.3 is 5.97 Å². The number of carboxylic acid groups (broad SMARTS) is 1. The van der Waals surface area contributed by atoms with Gasteiger partial charge in [0, 0.05) is 7.05 Å². The van der Waals surface area contributed by atoms with Crippen molar-refractivity contribution in [3.8, 4) is 11.4 Å². The van der Waals surface area contributed by atoms with Crippen LogP contribution in [0.5, 0.6) is 0 Å². The number of pyridine rings is 1. The van der Waals surface area contributed by atoms with E-state index in [-0.39, 0.29) is 10.7 Å². The van der Waals surface area contributed by atoms with Crippen molar-refractivity contribution in [2.24, 2.45) is 7.05 Å². The molecule has 0 unspecified atom stereocenters. The molecule has 2 heterocycles. The lowest BCUT2D eigenvalue weighted by atomic mass is 10.2. The Morgan fingerprint density at radius 1 is 1.44 bits per heavy atom. The summed E-state index contributed by atoms with van der Waals surface area (Å²) >= 11 is 5.72. The highest BCUT2D eigenvalue weighted by Crippen LogP contribution is 2.18. The van der Waals surface area contributed by atoms with Crippen LogP contribution in [0.3, 0.4) is 0 Å². The summed E-state index contributed by atoms with van der Waals surface area (Å²) in [5.74, 6) is -1.06. The molecular formula is C9H7ClN4O2. The van der Waals surface area contributed by atoms with Gasteiger partial charge in [-0.15, -0.1) is 0 Å². The molecule has 0 radical (unpaired) electrons. The minimum absolute atomic E-state index is 0.0700. The number of hydrogen-bond donors (Lipinski definition) is 1.